The number of hydrazine groups is 2. The average molecular weight is 645 g/mol. The topological polar surface area (TPSA) is 66.0 Å². The van der Waals surface area contributed by atoms with Gasteiger partial charge < -0.3 is 5.43 Å². The Morgan fingerprint density at radius 3 is 2.20 bits per heavy atom. The smallest absolute Gasteiger partial charge is 0.160 e. The molecule has 2 aliphatic rings. The lowest BCUT2D eigenvalue weighted by molar-refractivity contribution is 0.661. The molecule has 8 aromatic rings. The maximum Gasteiger partial charge on any atom is 0.160 e. The summed E-state index contributed by atoms with van der Waals surface area (Å²) in [4.78, 5) is 15.1. The van der Waals surface area contributed by atoms with Crippen LogP contribution in [0.25, 0.3) is 66.7 Å². The van der Waals surface area contributed by atoms with Crippen molar-refractivity contribution in [2.45, 2.75) is 19.3 Å². The number of pyridine rings is 1. The van der Waals surface area contributed by atoms with Gasteiger partial charge in [0.15, 0.2) is 5.82 Å². The predicted molar refractivity (Wildman–Crippen MR) is 204 cm³/mol. The molecule has 0 bridgehead atoms. The van der Waals surface area contributed by atoms with Crippen molar-refractivity contribution in [3.05, 3.63) is 157 Å². The Hall–Kier alpha value is -6.37. The van der Waals surface area contributed by atoms with Gasteiger partial charge in [-0.05, 0) is 87.6 Å². The minimum atomic E-state index is -0.0503. The molecule has 1 aliphatic heterocycles. The van der Waals surface area contributed by atoms with Crippen molar-refractivity contribution >= 4 is 38.7 Å². The number of aromatic nitrogens is 3. The number of nitrogens with one attached hydrogen (secondary N) is 2. The molecule has 10 rings (SSSR count). The van der Waals surface area contributed by atoms with Gasteiger partial charge in [0.25, 0.3) is 0 Å². The van der Waals surface area contributed by atoms with Crippen molar-refractivity contribution in [2.75, 3.05) is 10.4 Å². The summed E-state index contributed by atoms with van der Waals surface area (Å²) in [6.45, 7) is 4.61. The van der Waals surface area contributed by atoms with Crippen LogP contribution in [-0.4, -0.2) is 15.0 Å². The molecule has 6 nitrogen and oxygen atoms in total. The first kappa shape index (κ1) is 28.6. The van der Waals surface area contributed by atoms with Gasteiger partial charge in [-0.1, -0.05) is 98.8 Å². The van der Waals surface area contributed by atoms with Crippen molar-refractivity contribution in [1.82, 2.24) is 20.5 Å². The first-order chi connectivity index (χ1) is 24.5. The van der Waals surface area contributed by atoms with Crippen molar-refractivity contribution in [2.24, 2.45) is 0 Å². The molecule has 2 aromatic heterocycles. The molecule has 0 atom stereocenters. The molecule has 1 aliphatic carbocycles. The lowest BCUT2D eigenvalue weighted by Gasteiger charge is -2.22. The fraction of sp³-hybridized carbons (Fsp3) is 0.0682. The highest BCUT2D eigenvalue weighted by atomic mass is 15.7. The number of para-hydroxylation sites is 1. The van der Waals surface area contributed by atoms with Crippen LogP contribution in [0.3, 0.4) is 0 Å². The number of fused-ring (bicyclic) bond motifs is 6. The molecule has 238 valence electrons. The van der Waals surface area contributed by atoms with Crippen molar-refractivity contribution in [3.63, 3.8) is 0 Å². The van der Waals surface area contributed by atoms with Crippen LogP contribution in [0.4, 0.5) is 17.1 Å². The number of anilines is 3. The molecule has 3 heterocycles. The van der Waals surface area contributed by atoms with Crippen molar-refractivity contribution < 1.29 is 0 Å². The Morgan fingerprint density at radius 2 is 1.34 bits per heavy atom. The Morgan fingerprint density at radius 1 is 0.600 bits per heavy atom. The van der Waals surface area contributed by atoms with Gasteiger partial charge in [0.1, 0.15) is 0 Å². The second kappa shape index (κ2) is 10.8. The highest BCUT2D eigenvalue weighted by Crippen LogP contribution is 2.52. The van der Waals surface area contributed by atoms with E-state index in [4.69, 9.17) is 15.0 Å². The van der Waals surface area contributed by atoms with E-state index in [0.717, 1.165) is 56.0 Å². The Balaban J connectivity index is 0.996. The second-order valence-corrected chi connectivity index (χ2v) is 13.6. The first-order valence-electron chi connectivity index (χ1n) is 16.9. The van der Waals surface area contributed by atoms with Gasteiger partial charge in [-0.2, -0.15) is 0 Å². The maximum absolute atomic E-state index is 5.14. The third-order valence-electron chi connectivity index (χ3n) is 10.3. The predicted octanol–water partition coefficient (Wildman–Crippen LogP) is 10.5. The van der Waals surface area contributed by atoms with Gasteiger partial charge in [-0.25, -0.2) is 9.97 Å². The fourth-order valence-electron chi connectivity index (χ4n) is 7.73. The summed E-state index contributed by atoms with van der Waals surface area (Å²) < 4.78 is 0. The molecule has 2 N–H and O–H groups in total. The monoisotopic (exact) mass is 644 g/mol. The highest BCUT2D eigenvalue weighted by Gasteiger charge is 2.37. The van der Waals surface area contributed by atoms with Gasteiger partial charge >= 0.3 is 0 Å². The molecular weight excluding hydrogens is 613 g/mol. The molecule has 0 radical (unpaired) electrons. The molecule has 6 heteroatoms. The minimum absolute atomic E-state index is 0.0503. The Bertz CT molecular complexity index is 2620. The molecule has 0 amide bonds. The normalized spacial score (nSPS) is 14.0. The fourth-order valence-corrected chi connectivity index (χ4v) is 7.73. The maximum atomic E-state index is 5.14. The summed E-state index contributed by atoms with van der Waals surface area (Å²) in [7, 11) is 0. The van der Waals surface area contributed by atoms with Crippen LogP contribution in [0.2, 0.25) is 0 Å². The van der Waals surface area contributed by atoms with Crippen LogP contribution >= 0.6 is 0 Å². The third kappa shape index (κ3) is 4.35. The van der Waals surface area contributed by atoms with Crippen LogP contribution in [0.5, 0.6) is 0 Å². The standard InChI is InChI=1S/C44H32N6/c1-44(2)36-16-7-5-13-32(36)35-24-41-40(25-37(35)44)48-49-50(41)30-21-18-28(19-22-30)43-46-39-17-8-6-14-34(39)42(47-43)29-20-23-38(45-26-29)33-15-9-11-27-10-3-4-12-31(27)33/h3-26,48-49H,1-2H3. The van der Waals surface area contributed by atoms with Gasteiger partial charge in [0, 0.05) is 33.7 Å². The quantitative estimate of drug-likeness (QED) is 0.199. The van der Waals surface area contributed by atoms with E-state index < -0.39 is 0 Å². The molecule has 0 unspecified atom stereocenters. The molecular formula is C44H32N6. The zero-order chi connectivity index (χ0) is 33.4. The number of benzene rings is 6. The zero-order valence-corrected chi connectivity index (χ0v) is 27.6. The summed E-state index contributed by atoms with van der Waals surface area (Å²) in [5, 5.41) is 5.49. The van der Waals surface area contributed by atoms with Crippen LogP contribution in [0, 0.1) is 0 Å². The molecule has 6 aromatic carbocycles. The summed E-state index contributed by atoms with van der Waals surface area (Å²) in [5.41, 5.74) is 20.9. The number of nitrogens with zero attached hydrogens (tertiary/aromatic N) is 4. The Kier molecular flexibility index (Phi) is 6.19. The summed E-state index contributed by atoms with van der Waals surface area (Å²) >= 11 is 0. The number of hydrogen-bond donors (Lipinski definition) is 2. The third-order valence-corrected chi connectivity index (χ3v) is 10.3. The van der Waals surface area contributed by atoms with E-state index >= 15 is 0 Å². The minimum Gasteiger partial charge on any atom is -0.301 e. The van der Waals surface area contributed by atoms with E-state index in [9.17, 15) is 0 Å². The number of hydrogen-bond acceptors (Lipinski definition) is 6. The van der Waals surface area contributed by atoms with Crippen molar-refractivity contribution in [3.8, 4) is 45.0 Å². The van der Waals surface area contributed by atoms with Crippen LogP contribution < -0.4 is 16.0 Å². The van der Waals surface area contributed by atoms with Gasteiger partial charge in [-0.3, -0.25) is 9.99 Å². The largest absolute Gasteiger partial charge is 0.301 e. The van der Waals surface area contributed by atoms with Crippen molar-refractivity contribution in [1.29, 1.82) is 0 Å². The molecule has 50 heavy (non-hydrogen) atoms. The average Bonchev–Trinajstić information content (AvgIpc) is 3.69. The summed E-state index contributed by atoms with van der Waals surface area (Å²) in [6.07, 6.45) is 1.93. The van der Waals surface area contributed by atoms with E-state index in [1.54, 1.807) is 0 Å². The molecule has 0 saturated carbocycles. The summed E-state index contributed by atoms with van der Waals surface area (Å²) in [6, 6.07) is 48.9. The van der Waals surface area contributed by atoms with E-state index in [-0.39, 0.29) is 5.41 Å². The van der Waals surface area contributed by atoms with Gasteiger partial charge in [0.2, 0.25) is 0 Å². The lowest BCUT2D eigenvalue weighted by atomic mass is 9.82. The SMILES string of the molecule is CC1(C)c2ccccc2-c2cc3c(cc21)NNN3c1ccc(-c2nc(-c3ccc(-c4cccc5ccccc45)nc3)c3ccccc3n2)cc1. The van der Waals surface area contributed by atoms with Crippen LogP contribution in [0.15, 0.2) is 146 Å². The van der Waals surface area contributed by atoms with E-state index in [1.165, 1.54) is 33.0 Å². The number of rotatable bonds is 4. The summed E-state index contributed by atoms with van der Waals surface area (Å²) in [5.74, 6) is 0.674. The molecule has 0 saturated heterocycles. The van der Waals surface area contributed by atoms with Gasteiger partial charge in [-0.15, -0.1) is 5.53 Å². The van der Waals surface area contributed by atoms with Crippen LogP contribution in [-0.2, 0) is 5.41 Å². The lowest BCUT2D eigenvalue weighted by Crippen LogP contribution is -2.31. The van der Waals surface area contributed by atoms with E-state index in [0.29, 0.717) is 5.82 Å². The van der Waals surface area contributed by atoms with E-state index in [2.05, 4.69) is 151 Å². The molecule has 0 spiro atoms. The zero-order valence-electron chi connectivity index (χ0n) is 27.6. The first-order valence-corrected chi connectivity index (χ1v) is 16.9. The van der Waals surface area contributed by atoms with E-state index in [1.807, 2.05) is 24.4 Å². The molecule has 0 fully saturated rings. The van der Waals surface area contributed by atoms with Gasteiger partial charge in [0.05, 0.1) is 34.0 Å². The highest BCUT2D eigenvalue weighted by molar-refractivity contribution is 5.97. The Labute approximate surface area is 290 Å². The van der Waals surface area contributed by atoms with Crippen LogP contribution in [0.1, 0.15) is 25.0 Å². The second-order valence-electron chi connectivity index (χ2n) is 13.6.